The fourth-order valence-electron chi connectivity index (χ4n) is 3.78. The molecule has 2 saturated heterocycles. The molecule has 3 heterocycles. The lowest BCUT2D eigenvalue weighted by Gasteiger charge is -2.25. The minimum Gasteiger partial charge on any atom is -0.369 e. The van der Waals surface area contributed by atoms with Gasteiger partial charge in [-0.1, -0.05) is 19.9 Å². The van der Waals surface area contributed by atoms with Gasteiger partial charge in [0, 0.05) is 24.6 Å². The summed E-state index contributed by atoms with van der Waals surface area (Å²) in [5.41, 5.74) is 4.23. The van der Waals surface area contributed by atoms with Crippen LogP contribution in [0.2, 0.25) is 0 Å². The Bertz CT molecular complexity index is 992. The summed E-state index contributed by atoms with van der Waals surface area (Å²) in [6, 6.07) is 2.62. The molecule has 11 heteroatoms. The Hall–Kier alpha value is -2.66. The zero-order valence-corrected chi connectivity index (χ0v) is 17.6. The maximum Gasteiger partial charge on any atom is 0.310 e. The Morgan fingerprint density at radius 1 is 1.27 bits per heavy atom. The number of Topliss-reactive ketones (excluding diaryl/α,β-unsaturated/α-hetero) is 1. The minimum atomic E-state index is -4.46. The van der Waals surface area contributed by atoms with E-state index in [2.05, 4.69) is 4.98 Å². The van der Waals surface area contributed by atoms with Crippen LogP contribution in [0.15, 0.2) is 24.4 Å². The van der Waals surface area contributed by atoms with Gasteiger partial charge in [0.2, 0.25) is 11.8 Å². The first kappa shape index (κ1) is 22.0. The van der Waals surface area contributed by atoms with Gasteiger partial charge in [-0.25, -0.2) is 8.42 Å². The molecule has 2 N–H and O–H groups in total. The van der Waals surface area contributed by atoms with Gasteiger partial charge in [0.25, 0.3) is 10.0 Å². The Morgan fingerprint density at radius 2 is 1.97 bits per heavy atom. The number of rotatable bonds is 6. The van der Waals surface area contributed by atoms with Gasteiger partial charge in [-0.15, -0.1) is 0 Å². The quantitative estimate of drug-likeness (QED) is 0.643. The van der Waals surface area contributed by atoms with E-state index in [0.717, 1.165) is 4.31 Å². The highest BCUT2D eigenvalue weighted by atomic mass is 32.2. The van der Waals surface area contributed by atoms with Gasteiger partial charge < -0.3 is 10.6 Å². The van der Waals surface area contributed by atoms with Gasteiger partial charge in [-0.3, -0.25) is 24.2 Å². The number of ketones is 1. The minimum absolute atomic E-state index is 0.00601. The molecule has 0 saturated carbocycles. The second-order valence-corrected chi connectivity index (χ2v) is 9.95. The number of fused-ring (bicyclic) bond motifs is 1. The third-order valence-corrected chi connectivity index (χ3v) is 7.44. The molecule has 2 unspecified atom stereocenters. The highest BCUT2D eigenvalue weighted by Gasteiger charge is 2.55. The Labute approximate surface area is 174 Å². The van der Waals surface area contributed by atoms with Crippen molar-refractivity contribution in [2.75, 3.05) is 13.1 Å². The summed E-state index contributed by atoms with van der Waals surface area (Å²) in [6.45, 7) is 2.99. The van der Waals surface area contributed by atoms with Crippen LogP contribution in [0.3, 0.4) is 0 Å². The number of carbonyl (C=O) groups excluding carboxylic acids is 4. The smallest absolute Gasteiger partial charge is 0.310 e. The monoisotopic (exact) mass is 436 g/mol. The van der Waals surface area contributed by atoms with Gasteiger partial charge in [-0.05, 0) is 25.0 Å². The van der Waals surface area contributed by atoms with Crippen molar-refractivity contribution in [3.8, 4) is 0 Å². The third-order valence-electron chi connectivity index (χ3n) is 5.75. The summed E-state index contributed by atoms with van der Waals surface area (Å²) >= 11 is 0. The number of nitrogens with two attached hydrogens (primary N) is 1. The first-order valence-electron chi connectivity index (χ1n) is 9.56. The van der Waals surface area contributed by atoms with Crippen molar-refractivity contribution in [2.45, 2.75) is 45.2 Å². The average molecular weight is 436 g/mol. The number of sulfonamides is 1. The molecule has 2 aliphatic heterocycles. The van der Waals surface area contributed by atoms with Crippen LogP contribution >= 0.6 is 0 Å². The number of aromatic nitrogens is 1. The van der Waals surface area contributed by atoms with Gasteiger partial charge in [0.05, 0.1) is 12.6 Å². The molecule has 2 aliphatic rings. The zero-order valence-electron chi connectivity index (χ0n) is 16.8. The van der Waals surface area contributed by atoms with E-state index in [1.54, 1.807) is 19.9 Å². The van der Waals surface area contributed by atoms with Crippen molar-refractivity contribution in [3.05, 3.63) is 30.1 Å². The molecule has 0 aliphatic carbocycles. The van der Waals surface area contributed by atoms with Gasteiger partial charge in [-0.2, -0.15) is 4.31 Å². The van der Waals surface area contributed by atoms with Crippen molar-refractivity contribution < 1.29 is 27.6 Å². The molecule has 0 aromatic carbocycles. The Balaban J connectivity index is 1.76. The molecule has 30 heavy (non-hydrogen) atoms. The molecule has 2 fully saturated rings. The molecular formula is C19H24N4O6S. The van der Waals surface area contributed by atoms with Gasteiger partial charge >= 0.3 is 5.12 Å². The zero-order chi connectivity index (χ0) is 22.3. The van der Waals surface area contributed by atoms with Crippen LogP contribution in [0, 0.1) is 5.41 Å². The molecule has 162 valence electrons. The number of pyridine rings is 1. The van der Waals surface area contributed by atoms with E-state index in [4.69, 9.17) is 5.73 Å². The Kier molecular flexibility index (Phi) is 5.79. The molecule has 2 atom stereocenters. The predicted molar refractivity (Wildman–Crippen MR) is 105 cm³/mol. The lowest BCUT2D eigenvalue weighted by Crippen LogP contribution is -2.45. The number of nitrogens with zero attached hydrogens (tertiary/aromatic N) is 3. The maximum absolute atomic E-state index is 12.9. The number of carbonyl (C=O) groups is 4. The number of primary amides is 1. The summed E-state index contributed by atoms with van der Waals surface area (Å²) < 4.78 is 26.6. The van der Waals surface area contributed by atoms with E-state index in [1.165, 1.54) is 23.2 Å². The lowest BCUT2D eigenvalue weighted by atomic mass is 9.87. The summed E-state index contributed by atoms with van der Waals surface area (Å²) in [6.07, 6.45) is 1.77. The van der Waals surface area contributed by atoms with Gasteiger partial charge in [0.15, 0.2) is 5.78 Å². The van der Waals surface area contributed by atoms with E-state index in [1.807, 2.05) is 0 Å². The molecule has 2 amide bonds. The van der Waals surface area contributed by atoms with Gasteiger partial charge in [0.1, 0.15) is 11.7 Å². The average Bonchev–Trinajstić information content (AvgIpc) is 3.27. The third kappa shape index (κ3) is 3.86. The highest BCUT2D eigenvalue weighted by molar-refractivity contribution is 8.04. The first-order valence-corrected chi connectivity index (χ1v) is 11.0. The molecule has 0 radical (unpaired) electrons. The van der Waals surface area contributed by atoms with E-state index in [-0.39, 0.29) is 37.4 Å². The molecule has 0 spiro atoms. The topological polar surface area (TPSA) is 148 Å². The standard InChI is InChI=1S/C19H24N4O6S/c1-19(2,18(20)27)8-6-15(25)22-10-7-13-16(22)14(24)11-23(13)30(28,29)17(26)12-5-3-4-9-21-12/h3-5,9,13,16H,6-8,10-11H2,1-2H3,(H2,20,27). The Morgan fingerprint density at radius 3 is 2.57 bits per heavy atom. The molecule has 1 aromatic rings. The summed E-state index contributed by atoms with van der Waals surface area (Å²) in [4.78, 5) is 54.4. The van der Waals surface area contributed by atoms with Crippen molar-refractivity contribution in [1.29, 1.82) is 0 Å². The number of hydrogen-bond donors (Lipinski definition) is 1. The largest absolute Gasteiger partial charge is 0.369 e. The fourth-order valence-corrected chi connectivity index (χ4v) is 5.25. The van der Waals surface area contributed by atoms with Crippen molar-refractivity contribution in [3.63, 3.8) is 0 Å². The number of likely N-dealkylation sites (tertiary alicyclic amines) is 1. The van der Waals surface area contributed by atoms with E-state index in [9.17, 15) is 27.6 Å². The molecule has 3 rings (SSSR count). The molecule has 1 aromatic heterocycles. The van der Waals surface area contributed by atoms with Crippen LogP contribution in [0.25, 0.3) is 0 Å². The molecule has 0 bridgehead atoms. The van der Waals surface area contributed by atoms with Crippen LogP contribution < -0.4 is 5.73 Å². The number of amides is 2. The van der Waals surface area contributed by atoms with Crippen LogP contribution in [0.5, 0.6) is 0 Å². The summed E-state index contributed by atoms with van der Waals surface area (Å²) in [7, 11) is -4.46. The SMILES string of the molecule is CC(C)(CCC(=O)N1CCC2C1C(=O)CN2S(=O)(=O)C(=O)c1ccccn1)C(N)=O. The van der Waals surface area contributed by atoms with E-state index in [0.29, 0.717) is 0 Å². The van der Waals surface area contributed by atoms with Crippen molar-refractivity contribution in [1.82, 2.24) is 14.2 Å². The molecular weight excluding hydrogens is 412 g/mol. The van der Waals surface area contributed by atoms with Crippen molar-refractivity contribution in [2.24, 2.45) is 11.1 Å². The van der Waals surface area contributed by atoms with Crippen LogP contribution in [-0.4, -0.2) is 70.5 Å². The van der Waals surface area contributed by atoms with Crippen LogP contribution in [0.1, 0.15) is 43.6 Å². The van der Waals surface area contributed by atoms with E-state index < -0.39 is 50.9 Å². The van der Waals surface area contributed by atoms with Crippen LogP contribution in [-0.2, 0) is 24.4 Å². The second kappa shape index (κ2) is 7.88. The maximum atomic E-state index is 12.9. The van der Waals surface area contributed by atoms with E-state index >= 15 is 0 Å². The predicted octanol–water partition coefficient (Wildman–Crippen LogP) is -0.302. The first-order chi connectivity index (χ1) is 14.0. The summed E-state index contributed by atoms with van der Waals surface area (Å²) in [5, 5.41) is -1.18. The summed E-state index contributed by atoms with van der Waals surface area (Å²) in [5.74, 6) is -1.31. The van der Waals surface area contributed by atoms with Crippen LogP contribution in [0.4, 0.5) is 0 Å². The normalized spacial score (nSPS) is 22.2. The second-order valence-electron chi connectivity index (χ2n) is 8.16. The fraction of sp³-hybridized carbons (Fsp3) is 0.526. The molecule has 10 nitrogen and oxygen atoms in total. The highest BCUT2D eigenvalue weighted by Crippen LogP contribution is 2.33. The lowest BCUT2D eigenvalue weighted by molar-refractivity contribution is -0.137. The number of hydrogen-bond acceptors (Lipinski definition) is 7. The van der Waals surface area contributed by atoms with Crippen molar-refractivity contribution >= 4 is 32.7 Å².